The summed E-state index contributed by atoms with van der Waals surface area (Å²) in [5.41, 5.74) is 0.273. The van der Waals surface area contributed by atoms with Gasteiger partial charge in [0.15, 0.2) is 0 Å². The topological polar surface area (TPSA) is 78.5 Å². The predicted molar refractivity (Wildman–Crippen MR) is 103 cm³/mol. The highest BCUT2D eigenvalue weighted by Gasteiger charge is 2.51. The van der Waals surface area contributed by atoms with Crippen LogP contribution in [0, 0.1) is 11.3 Å². The van der Waals surface area contributed by atoms with Gasteiger partial charge in [0.2, 0.25) is 17.7 Å². The van der Waals surface area contributed by atoms with Gasteiger partial charge in [-0.2, -0.15) is 0 Å². The van der Waals surface area contributed by atoms with Gasteiger partial charge in [0.1, 0.15) is 6.04 Å². The van der Waals surface area contributed by atoms with Crippen molar-refractivity contribution in [1.82, 2.24) is 15.5 Å². The minimum Gasteiger partial charge on any atom is -0.354 e. The lowest BCUT2D eigenvalue weighted by atomic mass is 9.73. The lowest BCUT2D eigenvalue weighted by Gasteiger charge is -2.50. The first kappa shape index (κ1) is 19.7. The second-order valence-corrected chi connectivity index (χ2v) is 8.33. The number of nitrogens with one attached hydrogen (secondary N) is 2. The van der Waals surface area contributed by atoms with Crippen LogP contribution >= 0.6 is 11.6 Å². The molecule has 0 bridgehead atoms. The maximum atomic E-state index is 13.1. The Hall–Kier alpha value is -2.08. The Labute approximate surface area is 164 Å². The fraction of sp³-hybridized carbons (Fsp3) is 0.550. The van der Waals surface area contributed by atoms with Gasteiger partial charge < -0.3 is 15.5 Å². The van der Waals surface area contributed by atoms with Crippen LogP contribution < -0.4 is 10.6 Å². The zero-order valence-corrected chi connectivity index (χ0v) is 16.5. The van der Waals surface area contributed by atoms with Crippen LogP contribution in [0.4, 0.5) is 0 Å². The van der Waals surface area contributed by atoms with Crippen molar-refractivity contribution in [2.24, 2.45) is 11.3 Å². The number of carbonyl (C=O) groups excluding carboxylic acids is 3. The van der Waals surface area contributed by atoms with Crippen LogP contribution in [0.5, 0.6) is 0 Å². The summed E-state index contributed by atoms with van der Waals surface area (Å²) in [7, 11) is 0. The zero-order chi connectivity index (χ0) is 19.6. The summed E-state index contributed by atoms with van der Waals surface area (Å²) < 4.78 is 0. The number of hydrogen-bond acceptors (Lipinski definition) is 3. The third kappa shape index (κ3) is 4.26. The molecule has 146 valence electrons. The summed E-state index contributed by atoms with van der Waals surface area (Å²) in [6.45, 7) is 5.10. The van der Waals surface area contributed by atoms with E-state index in [4.69, 9.17) is 11.6 Å². The van der Waals surface area contributed by atoms with E-state index in [1.165, 1.54) is 0 Å². The molecular formula is C20H26ClN3O3. The van der Waals surface area contributed by atoms with Crippen LogP contribution in [0.3, 0.4) is 0 Å². The molecule has 3 amide bonds. The first-order valence-corrected chi connectivity index (χ1v) is 9.80. The summed E-state index contributed by atoms with van der Waals surface area (Å²) in [4.78, 5) is 39.1. The number of hydrogen-bond donors (Lipinski definition) is 2. The van der Waals surface area contributed by atoms with Crippen molar-refractivity contribution in [3.05, 3.63) is 34.9 Å². The third-order valence-corrected chi connectivity index (χ3v) is 5.57. The van der Waals surface area contributed by atoms with Crippen molar-refractivity contribution >= 4 is 29.3 Å². The summed E-state index contributed by atoms with van der Waals surface area (Å²) in [5.74, 6) is -0.353. The average Bonchev–Trinajstić information content (AvgIpc) is 2.60. The van der Waals surface area contributed by atoms with Crippen molar-refractivity contribution < 1.29 is 14.4 Å². The van der Waals surface area contributed by atoms with Crippen LogP contribution in [0.2, 0.25) is 5.02 Å². The molecule has 2 fully saturated rings. The van der Waals surface area contributed by atoms with E-state index in [-0.39, 0.29) is 23.6 Å². The van der Waals surface area contributed by atoms with E-state index < -0.39 is 11.5 Å². The highest BCUT2D eigenvalue weighted by atomic mass is 35.5. The monoisotopic (exact) mass is 391 g/mol. The van der Waals surface area contributed by atoms with Crippen LogP contribution in [0.25, 0.3) is 0 Å². The molecule has 2 aliphatic rings. The van der Waals surface area contributed by atoms with E-state index in [9.17, 15) is 14.4 Å². The van der Waals surface area contributed by atoms with Gasteiger partial charge in [-0.05, 0) is 37.0 Å². The Balaban J connectivity index is 1.75. The van der Waals surface area contributed by atoms with E-state index in [0.29, 0.717) is 37.5 Å². The summed E-state index contributed by atoms with van der Waals surface area (Å²) in [6, 6.07) is 6.90. The van der Waals surface area contributed by atoms with Crippen molar-refractivity contribution in [2.45, 2.75) is 39.2 Å². The molecule has 0 saturated carbocycles. The van der Waals surface area contributed by atoms with Crippen LogP contribution in [-0.4, -0.2) is 48.3 Å². The normalized spacial score (nSPS) is 21.4. The molecule has 27 heavy (non-hydrogen) atoms. The van der Waals surface area contributed by atoms with Gasteiger partial charge in [0.25, 0.3) is 0 Å². The molecule has 1 unspecified atom stereocenters. The number of carbonyl (C=O) groups is 3. The van der Waals surface area contributed by atoms with Gasteiger partial charge in [-0.1, -0.05) is 37.6 Å². The molecule has 3 rings (SSSR count). The number of piperidine rings is 1. The number of likely N-dealkylation sites (tertiary alicyclic amines) is 1. The standard InChI is InChI=1S/C20H26ClN3O3/c1-13(2)18(26)24-11-20(12-24,10-14-5-7-15(21)8-6-14)19(27)23-16-4-3-9-22-17(16)25/h5-8,13,16H,3-4,9-12H2,1-2H3,(H,22,25)(H,23,27). The van der Waals surface area contributed by atoms with E-state index in [1.807, 2.05) is 26.0 Å². The molecule has 2 saturated heterocycles. The number of amides is 3. The first-order chi connectivity index (χ1) is 12.8. The molecule has 7 heteroatoms. The first-order valence-electron chi connectivity index (χ1n) is 9.43. The summed E-state index contributed by atoms with van der Waals surface area (Å²) in [5, 5.41) is 6.35. The molecule has 0 spiro atoms. The second-order valence-electron chi connectivity index (χ2n) is 7.89. The quantitative estimate of drug-likeness (QED) is 0.802. The lowest BCUT2D eigenvalue weighted by molar-refractivity contribution is -0.157. The van der Waals surface area contributed by atoms with Gasteiger partial charge in [0.05, 0.1) is 5.41 Å². The molecule has 1 aromatic rings. The molecule has 6 nitrogen and oxygen atoms in total. The number of halogens is 1. The fourth-order valence-corrected chi connectivity index (χ4v) is 3.88. The zero-order valence-electron chi connectivity index (χ0n) is 15.8. The Morgan fingerprint density at radius 1 is 1.30 bits per heavy atom. The summed E-state index contributed by atoms with van der Waals surface area (Å²) in [6.07, 6.45) is 1.99. The highest BCUT2D eigenvalue weighted by Crippen LogP contribution is 2.36. The molecule has 0 radical (unpaired) electrons. The number of nitrogens with zero attached hydrogens (tertiary/aromatic N) is 1. The van der Waals surface area contributed by atoms with Crippen LogP contribution in [0.1, 0.15) is 32.3 Å². The van der Waals surface area contributed by atoms with E-state index in [1.54, 1.807) is 17.0 Å². The number of benzene rings is 1. The molecule has 0 aliphatic carbocycles. The smallest absolute Gasteiger partial charge is 0.242 e. The molecule has 2 N–H and O–H groups in total. The van der Waals surface area contributed by atoms with Gasteiger partial charge in [-0.15, -0.1) is 0 Å². The maximum absolute atomic E-state index is 13.1. The Bertz CT molecular complexity index is 726. The van der Waals surface area contributed by atoms with E-state index in [0.717, 1.165) is 12.0 Å². The van der Waals surface area contributed by atoms with E-state index >= 15 is 0 Å². The molecule has 1 atom stereocenters. The van der Waals surface area contributed by atoms with Gasteiger partial charge in [-0.3, -0.25) is 14.4 Å². The average molecular weight is 392 g/mol. The van der Waals surface area contributed by atoms with E-state index in [2.05, 4.69) is 10.6 Å². The highest BCUT2D eigenvalue weighted by molar-refractivity contribution is 6.30. The van der Waals surface area contributed by atoms with Gasteiger partial charge in [0, 0.05) is 30.6 Å². The van der Waals surface area contributed by atoms with Crippen molar-refractivity contribution in [2.75, 3.05) is 19.6 Å². The number of rotatable bonds is 5. The predicted octanol–water partition coefficient (Wildman–Crippen LogP) is 1.76. The lowest BCUT2D eigenvalue weighted by Crippen LogP contribution is -2.67. The van der Waals surface area contributed by atoms with Gasteiger partial charge >= 0.3 is 0 Å². The van der Waals surface area contributed by atoms with Crippen LogP contribution in [0.15, 0.2) is 24.3 Å². The SMILES string of the molecule is CC(C)C(=O)N1CC(Cc2ccc(Cl)cc2)(C(=O)NC2CCCNC2=O)C1. The van der Waals surface area contributed by atoms with Crippen molar-refractivity contribution in [3.8, 4) is 0 Å². The van der Waals surface area contributed by atoms with Crippen molar-refractivity contribution in [3.63, 3.8) is 0 Å². The van der Waals surface area contributed by atoms with Crippen molar-refractivity contribution in [1.29, 1.82) is 0 Å². The van der Waals surface area contributed by atoms with Crippen LogP contribution in [-0.2, 0) is 20.8 Å². The Morgan fingerprint density at radius 2 is 1.96 bits per heavy atom. The molecular weight excluding hydrogens is 366 g/mol. The molecule has 0 aromatic heterocycles. The third-order valence-electron chi connectivity index (χ3n) is 5.32. The Morgan fingerprint density at radius 3 is 2.56 bits per heavy atom. The molecule has 2 aliphatic heterocycles. The fourth-order valence-electron chi connectivity index (χ4n) is 3.76. The second kappa shape index (κ2) is 7.89. The minimum atomic E-state index is -0.712. The molecule has 2 heterocycles. The molecule has 1 aromatic carbocycles. The van der Waals surface area contributed by atoms with Gasteiger partial charge in [-0.25, -0.2) is 0 Å². The minimum absolute atomic E-state index is 0.0462. The Kier molecular flexibility index (Phi) is 5.75. The largest absolute Gasteiger partial charge is 0.354 e. The maximum Gasteiger partial charge on any atom is 0.242 e. The summed E-state index contributed by atoms with van der Waals surface area (Å²) >= 11 is 5.96.